The quantitative estimate of drug-likeness (QED) is 0.183. The molecule has 1 saturated heterocycles. The maximum Gasteiger partial charge on any atom is 0.266 e. The van der Waals surface area contributed by atoms with Crippen LogP contribution in [0.3, 0.4) is 0 Å². The Morgan fingerprint density at radius 1 is 0.765 bits per heavy atom. The predicted molar refractivity (Wildman–Crippen MR) is 205 cm³/mol. The number of anilines is 2. The molecule has 1 atom stereocenters. The molecule has 1 aliphatic rings. The van der Waals surface area contributed by atoms with Crippen LogP contribution in [0.4, 0.5) is 11.4 Å². The summed E-state index contributed by atoms with van der Waals surface area (Å²) in [5, 5.41) is 29.2. The number of carbonyl (C=O) groups is 2. The Labute approximate surface area is 303 Å². The van der Waals surface area contributed by atoms with Gasteiger partial charge in [-0.3, -0.25) is 9.59 Å². The van der Waals surface area contributed by atoms with E-state index in [0.29, 0.717) is 15.4 Å². The van der Waals surface area contributed by atoms with Gasteiger partial charge in [0.25, 0.3) is 11.8 Å². The van der Waals surface area contributed by atoms with Gasteiger partial charge < -0.3 is 15.5 Å². The van der Waals surface area contributed by atoms with Crippen LogP contribution < -0.4 is 15.5 Å². The van der Waals surface area contributed by atoms with E-state index in [1.807, 2.05) is 89.2 Å². The third kappa shape index (κ3) is 7.08. The zero-order chi connectivity index (χ0) is 35.6. The molecule has 7 aromatic rings. The average molecular weight is 716 g/mol. The summed E-state index contributed by atoms with van der Waals surface area (Å²) in [5.41, 5.74) is 7.69. The number of benzene rings is 2. The second-order valence-electron chi connectivity index (χ2n) is 12.6. The summed E-state index contributed by atoms with van der Waals surface area (Å²) in [5.74, 6) is -0.171. The van der Waals surface area contributed by atoms with Crippen molar-refractivity contribution in [3.8, 4) is 5.69 Å². The number of fused-ring (bicyclic) bond motifs is 2. The normalized spacial score (nSPS) is 14.1. The van der Waals surface area contributed by atoms with Gasteiger partial charge in [-0.25, -0.2) is 4.68 Å². The lowest BCUT2D eigenvalue weighted by Crippen LogP contribution is -2.36. The van der Waals surface area contributed by atoms with Crippen molar-refractivity contribution in [2.75, 3.05) is 23.3 Å². The lowest BCUT2D eigenvalue weighted by Gasteiger charge is -2.18. The Morgan fingerprint density at radius 3 is 2.16 bits per heavy atom. The zero-order valence-corrected chi connectivity index (χ0v) is 30.6. The van der Waals surface area contributed by atoms with Crippen LogP contribution in [0.25, 0.3) is 26.1 Å². The second-order valence-corrected chi connectivity index (χ2v) is 14.6. The average Bonchev–Trinajstić information content (AvgIpc) is 3.96. The maximum absolute atomic E-state index is 12.8. The summed E-state index contributed by atoms with van der Waals surface area (Å²) in [4.78, 5) is 30.7. The molecule has 8 rings (SSSR count). The number of hydrogen-bond donors (Lipinski definition) is 2. The van der Waals surface area contributed by atoms with Gasteiger partial charge in [-0.05, 0) is 88.1 Å². The molecule has 0 aliphatic carbocycles. The first-order chi connectivity index (χ1) is 24.7. The molecule has 2 aromatic carbocycles. The molecule has 5 aromatic heterocycles. The summed E-state index contributed by atoms with van der Waals surface area (Å²) < 4.78 is 1.73. The van der Waals surface area contributed by atoms with Crippen LogP contribution in [-0.2, 0) is 0 Å². The number of thiophene rings is 2. The first kappa shape index (κ1) is 33.9. The van der Waals surface area contributed by atoms with E-state index in [0.717, 1.165) is 73.7 Å². The Bertz CT molecular complexity index is 2370. The predicted octanol–water partition coefficient (Wildman–Crippen LogP) is 7.37. The largest absolute Gasteiger partial charge is 0.369 e. The molecular weight excluding hydrogens is 679 g/mol. The fraction of sp³-hybridized carbons (Fsp3) is 0.237. The first-order valence-corrected chi connectivity index (χ1v) is 18.3. The van der Waals surface area contributed by atoms with Gasteiger partial charge in [-0.2, -0.15) is 15.3 Å². The maximum atomic E-state index is 12.8. The molecule has 2 amide bonds. The number of rotatable bonds is 6. The SMILES string of the molecule is Cc1nnc2sc(C(=O)NC3CCN(c4ccccc4)C3)cc2c1C.Cc1nnc2sc(C(=O)Nc3cnn(-c4ccccc4)c3)c(C)c2c1C. The second kappa shape index (κ2) is 14.4. The highest BCUT2D eigenvalue weighted by atomic mass is 32.1. The van der Waals surface area contributed by atoms with E-state index in [9.17, 15) is 9.59 Å². The lowest BCUT2D eigenvalue weighted by atomic mass is 10.1. The van der Waals surface area contributed by atoms with Crippen molar-refractivity contribution in [3.63, 3.8) is 0 Å². The number of aromatic nitrogens is 6. The molecule has 6 heterocycles. The van der Waals surface area contributed by atoms with E-state index < -0.39 is 0 Å². The number of aryl methyl sites for hydroxylation is 5. The summed E-state index contributed by atoms with van der Waals surface area (Å²) >= 11 is 2.77. The third-order valence-corrected chi connectivity index (χ3v) is 11.4. The lowest BCUT2D eigenvalue weighted by molar-refractivity contribution is 0.0943. The van der Waals surface area contributed by atoms with Gasteiger partial charge in [0.05, 0.1) is 44.9 Å². The van der Waals surface area contributed by atoms with Crippen LogP contribution >= 0.6 is 22.7 Å². The van der Waals surface area contributed by atoms with Gasteiger partial charge in [0.15, 0.2) is 0 Å². The molecule has 1 aliphatic heterocycles. The monoisotopic (exact) mass is 715 g/mol. The van der Waals surface area contributed by atoms with E-state index in [4.69, 9.17) is 0 Å². The molecule has 1 unspecified atom stereocenters. The highest BCUT2D eigenvalue weighted by molar-refractivity contribution is 7.21. The van der Waals surface area contributed by atoms with Crippen LogP contribution in [0.15, 0.2) is 79.1 Å². The van der Waals surface area contributed by atoms with Crippen LogP contribution in [-0.4, -0.2) is 61.1 Å². The van der Waals surface area contributed by atoms with Gasteiger partial charge in [0.2, 0.25) is 0 Å². The number of nitrogens with zero attached hydrogens (tertiary/aromatic N) is 7. The van der Waals surface area contributed by atoms with E-state index in [1.165, 1.54) is 28.4 Å². The van der Waals surface area contributed by atoms with Crippen molar-refractivity contribution in [1.82, 2.24) is 35.5 Å². The minimum absolute atomic E-state index is 0.0139. The van der Waals surface area contributed by atoms with Crippen LogP contribution in [0, 0.1) is 34.6 Å². The van der Waals surface area contributed by atoms with E-state index in [1.54, 1.807) is 17.1 Å². The molecule has 1 fully saturated rings. The van der Waals surface area contributed by atoms with Gasteiger partial charge in [0.1, 0.15) is 9.66 Å². The molecule has 2 N–H and O–H groups in total. The van der Waals surface area contributed by atoms with Crippen LogP contribution in [0.1, 0.15) is 53.8 Å². The van der Waals surface area contributed by atoms with Crippen molar-refractivity contribution >= 4 is 66.3 Å². The molecule has 13 heteroatoms. The minimum Gasteiger partial charge on any atom is -0.369 e. The van der Waals surface area contributed by atoms with Gasteiger partial charge in [-0.15, -0.1) is 32.9 Å². The third-order valence-electron chi connectivity index (χ3n) is 9.22. The fourth-order valence-electron chi connectivity index (χ4n) is 6.13. The molecule has 0 bridgehead atoms. The van der Waals surface area contributed by atoms with Gasteiger partial charge >= 0.3 is 0 Å². The summed E-state index contributed by atoms with van der Waals surface area (Å²) in [7, 11) is 0. The topological polar surface area (TPSA) is 131 Å². The van der Waals surface area contributed by atoms with E-state index in [-0.39, 0.29) is 17.9 Å². The fourth-order valence-corrected chi connectivity index (χ4v) is 8.16. The van der Waals surface area contributed by atoms with Crippen molar-refractivity contribution in [3.05, 3.63) is 117 Å². The standard InChI is InChI=1S/C19H17N5OS.C19H20N4OS/c1-11-13(3)22-23-19-16(11)12(2)17(26-19)18(25)21-14-9-20-24(10-14)15-7-5-4-6-8-15;1-12-13(2)21-22-19-16(12)10-17(25-19)18(24)20-14-8-9-23(11-14)15-6-4-3-5-7-15/h4-10H,1-3H3,(H,21,25);3-7,10,14H,8-9,11H2,1-2H3,(H,20,24). The van der Waals surface area contributed by atoms with Gasteiger partial charge in [0, 0.05) is 35.6 Å². The van der Waals surface area contributed by atoms with E-state index in [2.05, 4.69) is 53.2 Å². The zero-order valence-electron chi connectivity index (χ0n) is 29.0. The van der Waals surface area contributed by atoms with E-state index >= 15 is 0 Å². The first-order valence-electron chi connectivity index (χ1n) is 16.6. The molecule has 51 heavy (non-hydrogen) atoms. The minimum atomic E-state index is -0.157. The Kier molecular flexibility index (Phi) is 9.56. The van der Waals surface area contributed by atoms with Crippen LogP contribution in [0.2, 0.25) is 0 Å². The number of para-hydroxylation sites is 2. The van der Waals surface area contributed by atoms with Gasteiger partial charge in [-0.1, -0.05) is 36.4 Å². The molecular formula is C38H37N9O2S2. The molecule has 0 radical (unpaired) electrons. The smallest absolute Gasteiger partial charge is 0.266 e. The molecule has 11 nitrogen and oxygen atoms in total. The summed E-state index contributed by atoms with van der Waals surface area (Å²) in [6.45, 7) is 11.7. The number of carbonyl (C=O) groups excluding carboxylic acids is 2. The van der Waals surface area contributed by atoms with Crippen molar-refractivity contribution in [2.24, 2.45) is 0 Å². The molecule has 258 valence electrons. The number of amides is 2. The molecule has 0 spiro atoms. The molecule has 0 saturated carbocycles. The highest BCUT2D eigenvalue weighted by Crippen LogP contribution is 2.33. The Balaban J connectivity index is 0.000000159. The highest BCUT2D eigenvalue weighted by Gasteiger charge is 2.25. The Hall–Kier alpha value is -5.53. The van der Waals surface area contributed by atoms with Crippen molar-refractivity contribution < 1.29 is 9.59 Å². The number of nitrogens with one attached hydrogen (secondary N) is 2. The van der Waals surface area contributed by atoms with Crippen molar-refractivity contribution in [2.45, 2.75) is 47.1 Å². The summed E-state index contributed by atoms with van der Waals surface area (Å²) in [6, 6.07) is 22.2. The Morgan fingerprint density at radius 2 is 1.43 bits per heavy atom. The van der Waals surface area contributed by atoms with Crippen molar-refractivity contribution in [1.29, 1.82) is 0 Å². The van der Waals surface area contributed by atoms with Crippen LogP contribution in [0.5, 0.6) is 0 Å². The number of hydrogen-bond acceptors (Lipinski definition) is 10. The summed E-state index contributed by atoms with van der Waals surface area (Å²) in [6.07, 6.45) is 4.40.